The van der Waals surface area contributed by atoms with Gasteiger partial charge in [0.2, 0.25) is 12.3 Å². The molecule has 10 heteroatoms. The number of carbonyl (C=O) groups excluding carboxylic acids is 1. The quantitative estimate of drug-likeness (QED) is 0.253. The van der Waals surface area contributed by atoms with Crippen molar-refractivity contribution in [3.8, 4) is 17.3 Å². The van der Waals surface area contributed by atoms with Crippen molar-refractivity contribution in [2.75, 3.05) is 12.0 Å². The van der Waals surface area contributed by atoms with Crippen LogP contribution in [0.4, 0.5) is 5.69 Å². The van der Waals surface area contributed by atoms with Crippen molar-refractivity contribution in [2.45, 2.75) is 39.8 Å². The van der Waals surface area contributed by atoms with Crippen LogP contribution in [0.3, 0.4) is 0 Å². The number of benzene rings is 1. The van der Waals surface area contributed by atoms with E-state index in [0.717, 1.165) is 22.4 Å². The van der Waals surface area contributed by atoms with Gasteiger partial charge in [0.15, 0.2) is 0 Å². The van der Waals surface area contributed by atoms with E-state index in [-0.39, 0.29) is 17.3 Å². The van der Waals surface area contributed by atoms with Crippen LogP contribution in [-0.4, -0.2) is 32.6 Å². The number of carbonyl (C=O) groups is 1. The number of ether oxygens (including phenoxy) is 1. The number of methoxy groups -OCH3 is 1. The Morgan fingerprint density at radius 1 is 1.08 bits per heavy atom. The first-order valence-corrected chi connectivity index (χ1v) is 12.8. The first-order valence-electron chi connectivity index (χ1n) is 12.0. The van der Waals surface area contributed by atoms with E-state index in [2.05, 4.69) is 9.55 Å². The second kappa shape index (κ2) is 11.0. The van der Waals surface area contributed by atoms with E-state index < -0.39 is 6.04 Å². The van der Waals surface area contributed by atoms with Crippen molar-refractivity contribution >= 4 is 35.3 Å². The molecule has 198 valence electrons. The van der Waals surface area contributed by atoms with E-state index >= 15 is 0 Å². The van der Waals surface area contributed by atoms with Gasteiger partial charge < -0.3 is 13.9 Å². The molecular weight excluding hydrogens is 525 g/mol. The fraction of sp³-hybridized carbons (Fsp3) is 0.286. The molecule has 8 nitrogen and oxygen atoms in total. The Balaban J connectivity index is 2.08. The minimum absolute atomic E-state index is 0.0723. The number of halogens is 2. The lowest BCUT2D eigenvalue weighted by atomic mass is 9.99. The molecule has 1 unspecified atom stereocenters. The van der Waals surface area contributed by atoms with E-state index in [1.807, 2.05) is 45.9 Å². The normalized spacial score (nSPS) is 12.0. The zero-order chi connectivity index (χ0) is 27.7. The molecule has 0 aliphatic rings. The maximum absolute atomic E-state index is 13.2. The fourth-order valence-corrected chi connectivity index (χ4v) is 5.05. The highest BCUT2D eigenvalue weighted by Gasteiger charge is 2.33. The van der Waals surface area contributed by atoms with E-state index in [1.165, 1.54) is 21.7 Å². The third-order valence-corrected chi connectivity index (χ3v) is 6.77. The molecule has 3 aromatic heterocycles. The Kier molecular flexibility index (Phi) is 7.94. The van der Waals surface area contributed by atoms with Crippen LogP contribution in [0.1, 0.15) is 48.4 Å². The number of rotatable bonds is 8. The van der Waals surface area contributed by atoms with Crippen LogP contribution in [0.15, 0.2) is 53.6 Å². The van der Waals surface area contributed by atoms with Crippen molar-refractivity contribution in [2.24, 2.45) is 7.05 Å². The maximum atomic E-state index is 13.2. The van der Waals surface area contributed by atoms with E-state index in [9.17, 15) is 9.59 Å². The highest BCUT2D eigenvalue weighted by atomic mass is 35.5. The number of amides is 1. The largest absolute Gasteiger partial charge is 0.480 e. The Morgan fingerprint density at radius 2 is 1.76 bits per heavy atom. The number of imidazole rings is 1. The molecule has 0 radical (unpaired) electrons. The lowest BCUT2D eigenvalue weighted by molar-refractivity contribution is -0.107. The fourth-order valence-electron chi connectivity index (χ4n) is 4.67. The van der Waals surface area contributed by atoms with Gasteiger partial charge in [-0.25, -0.2) is 9.97 Å². The molecule has 0 spiro atoms. The Hall–Kier alpha value is -3.62. The summed E-state index contributed by atoms with van der Waals surface area (Å²) in [5, 5.41) is 0.878. The van der Waals surface area contributed by atoms with Crippen molar-refractivity contribution in [1.82, 2.24) is 19.1 Å². The van der Waals surface area contributed by atoms with Gasteiger partial charge in [0.05, 0.1) is 29.1 Å². The third kappa shape index (κ3) is 5.06. The van der Waals surface area contributed by atoms with Crippen molar-refractivity contribution < 1.29 is 9.53 Å². The Labute approximate surface area is 231 Å². The number of aromatic nitrogens is 4. The predicted octanol–water partition coefficient (Wildman–Crippen LogP) is 5.91. The van der Waals surface area contributed by atoms with Crippen LogP contribution in [0.2, 0.25) is 10.0 Å². The predicted molar refractivity (Wildman–Crippen MR) is 150 cm³/mol. The number of hydrogen-bond acceptors (Lipinski definition) is 5. The van der Waals surface area contributed by atoms with E-state index in [4.69, 9.17) is 32.9 Å². The summed E-state index contributed by atoms with van der Waals surface area (Å²) >= 11 is 12.5. The summed E-state index contributed by atoms with van der Waals surface area (Å²) in [5.74, 6) is 1.08. The molecule has 0 aliphatic carbocycles. The molecule has 0 bridgehead atoms. The van der Waals surface area contributed by atoms with Crippen LogP contribution in [0.25, 0.3) is 11.4 Å². The van der Waals surface area contributed by atoms with Crippen molar-refractivity contribution in [1.29, 1.82) is 0 Å². The molecule has 3 heterocycles. The summed E-state index contributed by atoms with van der Waals surface area (Å²) in [5.41, 5.74) is 3.61. The smallest absolute Gasteiger partial charge is 0.274 e. The lowest BCUT2D eigenvalue weighted by Gasteiger charge is -2.31. The van der Waals surface area contributed by atoms with Gasteiger partial charge >= 0.3 is 0 Å². The molecule has 1 amide bonds. The zero-order valence-corrected chi connectivity index (χ0v) is 23.6. The number of nitrogens with zero attached hydrogens (tertiary/aromatic N) is 5. The minimum atomic E-state index is -0.719. The van der Waals surface area contributed by atoms with Crippen LogP contribution in [-0.2, 0) is 11.8 Å². The van der Waals surface area contributed by atoms with Gasteiger partial charge in [-0.05, 0) is 63.1 Å². The van der Waals surface area contributed by atoms with Crippen molar-refractivity contribution in [3.05, 3.63) is 91.7 Å². The third-order valence-electron chi connectivity index (χ3n) is 6.32. The standard InChI is InChI=1S/C28H29Cl2N5O3/c1-16(2)35-24(18(4)32-26(35)22-11-17(3)13-31-27(22)38-6)25(19-7-9-20(29)10-8-19)34(15-36)23-12-21(30)14-33(5)28(23)37/h7-16,25H,1-6H3. The summed E-state index contributed by atoms with van der Waals surface area (Å²) in [4.78, 5) is 36.8. The summed E-state index contributed by atoms with van der Waals surface area (Å²) in [6, 6.07) is 9.86. The highest BCUT2D eigenvalue weighted by molar-refractivity contribution is 6.31. The molecule has 0 aliphatic heterocycles. The van der Waals surface area contributed by atoms with Crippen LogP contribution in [0, 0.1) is 13.8 Å². The zero-order valence-electron chi connectivity index (χ0n) is 22.1. The first kappa shape index (κ1) is 27.4. The first-order chi connectivity index (χ1) is 18.1. The Bertz CT molecular complexity index is 1540. The molecule has 1 atom stereocenters. The van der Waals surface area contributed by atoms with E-state index in [0.29, 0.717) is 33.9 Å². The van der Waals surface area contributed by atoms with Gasteiger partial charge in [-0.3, -0.25) is 14.5 Å². The minimum Gasteiger partial charge on any atom is -0.480 e. The molecule has 38 heavy (non-hydrogen) atoms. The SMILES string of the molecule is COc1ncc(C)cc1-c1nc(C)c(C(c2ccc(Cl)cc2)N(C=O)c2cc(Cl)cn(C)c2=O)n1C(C)C. The number of pyridine rings is 2. The van der Waals surface area contributed by atoms with Crippen LogP contribution in [0.5, 0.6) is 5.88 Å². The van der Waals surface area contributed by atoms with Gasteiger partial charge in [0.1, 0.15) is 17.6 Å². The van der Waals surface area contributed by atoms with Crippen LogP contribution >= 0.6 is 23.2 Å². The topological polar surface area (TPSA) is 82.2 Å². The van der Waals surface area contributed by atoms with Gasteiger partial charge in [-0.1, -0.05) is 35.3 Å². The number of anilines is 1. The second-order valence-corrected chi connectivity index (χ2v) is 10.2. The molecule has 0 N–H and O–H groups in total. The summed E-state index contributed by atoms with van der Waals surface area (Å²) < 4.78 is 8.98. The molecule has 0 saturated heterocycles. The Morgan fingerprint density at radius 3 is 2.37 bits per heavy atom. The molecule has 0 saturated carbocycles. The number of aryl methyl sites for hydroxylation is 3. The summed E-state index contributed by atoms with van der Waals surface area (Å²) in [7, 11) is 3.16. The monoisotopic (exact) mass is 553 g/mol. The summed E-state index contributed by atoms with van der Waals surface area (Å²) in [6.07, 6.45) is 3.89. The van der Waals surface area contributed by atoms with Crippen molar-refractivity contribution in [3.63, 3.8) is 0 Å². The average Bonchev–Trinajstić information content (AvgIpc) is 3.22. The molecular formula is C28H29Cl2N5O3. The summed E-state index contributed by atoms with van der Waals surface area (Å²) in [6.45, 7) is 7.90. The highest BCUT2D eigenvalue weighted by Crippen LogP contribution is 2.39. The van der Waals surface area contributed by atoms with Gasteiger partial charge in [-0.15, -0.1) is 0 Å². The van der Waals surface area contributed by atoms with Crippen LogP contribution < -0.4 is 15.2 Å². The lowest BCUT2D eigenvalue weighted by Crippen LogP contribution is -2.36. The van der Waals surface area contributed by atoms with Gasteiger partial charge in [0, 0.05) is 30.5 Å². The van der Waals surface area contributed by atoms with Gasteiger partial charge in [-0.2, -0.15) is 0 Å². The van der Waals surface area contributed by atoms with Gasteiger partial charge in [0.25, 0.3) is 5.56 Å². The molecule has 4 aromatic rings. The molecule has 0 fully saturated rings. The number of hydrogen-bond donors (Lipinski definition) is 0. The molecule has 4 rings (SSSR count). The maximum Gasteiger partial charge on any atom is 0.274 e. The van der Waals surface area contributed by atoms with E-state index in [1.54, 1.807) is 32.5 Å². The second-order valence-electron chi connectivity index (χ2n) is 9.37. The average molecular weight is 554 g/mol. The molecule has 1 aromatic carbocycles.